The van der Waals surface area contributed by atoms with Crippen LogP contribution in [-0.4, -0.2) is 56.0 Å². The number of guanidine groups is 1. The van der Waals surface area contributed by atoms with Crippen molar-refractivity contribution < 1.29 is 4.79 Å². The summed E-state index contributed by atoms with van der Waals surface area (Å²) in [5.41, 5.74) is 7.06. The number of likely N-dealkylation sites (tertiary alicyclic amines) is 1. The Labute approximate surface area is 211 Å². The molecule has 0 unspecified atom stereocenters. The lowest BCUT2D eigenvalue weighted by molar-refractivity contribution is -0.123. The van der Waals surface area contributed by atoms with Gasteiger partial charge in [0.2, 0.25) is 5.91 Å². The van der Waals surface area contributed by atoms with E-state index in [4.69, 9.17) is 10.7 Å². The van der Waals surface area contributed by atoms with Gasteiger partial charge in [-0.3, -0.25) is 9.79 Å². The molecule has 0 spiro atoms. The smallest absolute Gasteiger partial charge is 0.220 e. The van der Waals surface area contributed by atoms with Crippen LogP contribution in [0.15, 0.2) is 35.3 Å². The van der Waals surface area contributed by atoms with Crippen LogP contribution in [0.1, 0.15) is 63.9 Å². The fourth-order valence-corrected chi connectivity index (χ4v) is 5.06. The van der Waals surface area contributed by atoms with Gasteiger partial charge in [-0.1, -0.05) is 43.2 Å². The Morgan fingerprint density at radius 2 is 1.81 bits per heavy atom. The molecule has 6 nitrogen and oxygen atoms in total. The van der Waals surface area contributed by atoms with Crippen LogP contribution >= 0.6 is 24.0 Å². The zero-order valence-corrected chi connectivity index (χ0v) is 22.0. The van der Waals surface area contributed by atoms with Crippen LogP contribution in [-0.2, 0) is 10.2 Å². The molecule has 1 aromatic carbocycles. The Bertz CT molecular complexity index is 698. The van der Waals surface area contributed by atoms with Gasteiger partial charge in [-0.05, 0) is 70.6 Å². The van der Waals surface area contributed by atoms with E-state index in [1.165, 1.54) is 31.2 Å². The van der Waals surface area contributed by atoms with E-state index in [1.807, 2.05) is 0 Å². The molecule has 7 heteroatoms. The molecule has 1 heterocycles. The van der Waals surface area contributed by atoms with E-state index in [9.17, 15) is 4.79 Å². The molecule has 0 bridgehead atoms. The minimum absolute atomic E-state index is 0. The van der Waals surface area contributed by atoms with Gasteiger partial charge in [-0.2, -0.15) is 0 Å². The van der Waals surface area contributed by atoms with Crippen LogP contribution in [0, 0.1) is 5.92 Å². The zero-order chi connectivity index (χ0) is 21.9. The van der Waals surface area contributed by atoms with Crippen molar-refractivity contribution in [2.45, 2.75) is 63.7 Å². The van der Waals surface area contributed by atoms with E-state index in [0.29, 0.717) is 0 Å². The second-order valence-electron chi connectivity index (χ2n) is 9.20. The molecule has 1 aliphatic heterocycles. The first-order valence-electron chi connectivity index (χ1n) is 12.2. The highest BCUT2D eigenvalue weighted by molar-refractivity contribution is 14.0. The monoisotopic (exact) mass is 555 g/mol. The number of nitrogens with zero attached hydrogens (tertiary/aromatic N) is 2. The molecular formula is C25H42IN5O. The maximum Gasteiger partial charge on any atom is 0.220 e. The third-order valence-corrected chi connectivity index (χ3v) is 7.01. The van der Waals surface area contributed by atoms with E-state index in [2.05, 4.69) is 52.8 Å². The predicted molar refractivity (Wildman–Crippen MR) is 144 cm³/mol. The van der Waals surface area contributed by atoms with Crippen LogP contribution in [0.25, 0.3) is 0 Å². The average molecular weight is 556 g/mol. The largest absolute Gasteiger partial charge is 0.369 e. The molecule has 4 N–H and O–H groups in total. The van der Waals surface area contributed by atoms with Gasteiger partial charge in [-0.15, -0.1) is 24.0 Å². The van der Waals surface area contributed by atoms with Gasteiger partial charge in [0.15, 0.2) is 5.96 Å². The lowest BCUT2D eigenvalue weighted by atomic mass is 9.79. The number of halogens is 1. The third-order valence-electron chi connectivity index (χ3n) is 7.01. The number of nitrogens with one attached hydrogen (secondary N) is 2. The van der Waals surface area contributed by atoms with E-state index in [-0.39, 0.29) is 41.2 Å². The number of hydrogen-bond donors (Lipinski definition) is 3. The number of piperidine rings is 1. The van der Waals surface area contributed by atoms with E-state index in [0.717, 1.165) is 70.9 Å². The molecule has 0 radical (unpaired) electrons. The fourth-order valence-electron chi connectivity index (χ4n) is 5.06. The molecule has 1 saturated carbocycles. The Hall–Kier alpha value is -1.35. The summed E-state index contributed by atoms with van der Waals surface area (Å²) in [6.45, 7) is 7.86. The topological polar surface area (TPSA) is 82.8 Å². The van der Waals surface area contributed by atoms with Gasteiger partial charge >= 0.3 is 0 Å². The van der Waals surface area contributed by atoms with E-state index < -0.39 is 0 Å². The summed E-state index contributed by atoms with van der Waals surface area (Å²) >= 11 is 0. The number of hydrogen-bond acceptors (Lipinski definition) is 3. The molecule has 2 aliphatic rings. The summed E-state index contributed by atoms with van der Waals surface area (Å²) < 4.78 is 0. The second-order valence-corrected chi connectivity index (χ2v) is 9.20. The van der Waals surface area contributed by atoms with Gasteiger partial charge in [0.05, 0.1) is 6.54 Å². The number of rotatable bonds is 10. The molecule has 2 fully saturated rings. The van der Waals surface area contributed by atoms with Gasteiger partial charge in [0, 0.05) is 24.4 Å². The SMILES string of the molecule is CCNC(=NCC1(c2ccccc2)CCCC1)NCCCCN1CCC(C(N)=O)CC1.I. The molecule has 1 aromatic rings. The van der Waals surface area contributed by atoms with Crippen molar-refractivity contribution in [3.05, 3.63) is 35.9 Å². The molecule has 0 aromatic heterocycles. The number of benzene rings is 1. The van der Waals surface area contributed by atoms with Crippen molar-refractivity contribution in [1.29, 1.82) is 0 Å². The third kappa shape index (κ3) is 7.90. The van der Waals surface area contributed by atoms with E-state index >= 15 is 0 Å². The van der Waals surface area contributed by atoms with Gasteiger partial charge in [-0.25, -0.2) is 0 Å². The summed E-state index contributed by atoms with van der Waals surface area (Å²) in [7, 11) is 0. The Morgan fingerprint density at radius 1 is 1.12 bits per heavy atom. The minimum Gasteiger partial charge on any atom is -0.369 e. The summed E-state index contributed by atoms with van der Waals surface area (Å²) in [5, 5.41) is 6.95. The quantitative estimate of drug-likeness (QED) is 0.178. The van der Waals surface area contributed by atoms with Gasteiger partial charge in [0.1, 0.15) is 0 Å². The van der Waals surface area contributed by atoms with E-state index in [1.54, 1.807) is 0 Å². The van der Waals surface area contributed by atoms with Crippen LogP contribution in [0.2, 0.25) is 0 Å². The first-order chi connectivity index (χ1) is 15.1. The normalized spacial score (nSPS) is 19.3. The standard InChI is InChI=1S/C25H41N5O.HI/c1-2-27-24(28-16-8-9-17-30-18-12-21(13-19-30)23(26)31)29-20-25(14-6-7-15-25)22-10-4-3-5-11-22;/h3-5,10-11,21H,2,6-9,12-20H2,1H3,(H2,26,31)(H2,27,28,29);1H. The first-order valence-corrected chi connectivity index (χ1v) is 12.2. The van der Waals surface area contributed by atoms with Crippen molar-refractivity contribution in [2.75, 3.05) is 39.3 Å². The highest BCUT2D eigenvalue weighted by Crippen LogP contribution is 2.41. The number of amides is 1. The average Bonchev–Trinajstić information content (AvgIpc) is 3.28. The minimum atomic E-state index is -0.134. The van der Waals surface area contributed by atoms with Crippen LogP contribution in [0.4, 0.5) is 0 Å². The Kier molecular flexibility index (Phi) is 11.8. The van der Waals surface area contributed by atoms with Crippen molar-refractivity contribution in [1.82, 2.24) is 15.5 Å². The molecule has 180 valence electrons. The summed E-state index contributed by atoms with van der Waals surface area (Å²) in [6.07, 6.45) is 9.14. The maximum atomic E-state index is 11.3. The van der Waals surface area contributed by atoms with Crippen LogP contribution in [0.3, 0.4) is 0 Å². The number of primary amides is 1. The fraction of sp³-hybridized carbons (Fsp3) is 0.680. The molecule has 0 atom stereocenters. The van der Waals surface area contributed by atoms with Crippen molar-refractivity contribution in [2.24, 2.45) is 16.6 Å². The lowest BCUT2D eigenvalue weighted by Gasteiger charge is -2.30. The molecule has 1 amide bonds. The second kappa shape index (κ2) is 14.0. The van der Waals surface area contributed by atoms with Gasteiger partial charge < -0.3 is 21.3 Å². The van der Waals surface area contributed by atoms with Crippen LogP contribution in [0.5, 0.6) is 0 Å². The number of carbonyl (C=O) groups is 1. The molecule has 32 heavy (non-hydrogen) atoms. The number of aliphatic imine (C=N–C) groups is 1. The molecule has 1 aliphatic carbocycles. The number of nitrogens with two attached hydrogens (primary N) is 1. The first kappa shape index (κ1) is 26.9. The lowest BCUT2D eigenvalue weighted by Crippen LogP contribution is -2.40. The molecule has 1 saturated heterocycles. The molecular weight excluding hydrogens is 513 g/mol. The summed E-state index contributed by atoms with van der Waals surface area (Å²) in [5.74, 6) is 0.883. The van der Waals surface area contributed by atoms with Crippen molar-refractivity contribution >= 4 is 35.8 Å². The van der Waals surface area contributed by atoms with Crippen molar-refractivity contribution in [3.8, 4) is 0 Å². The predicted octanol–water partition coefficient (Wildman–Crippen LogP) is 3.65. The van der Waals surface area contributed by atoms with Crippen molar-refractivity contribution in [3.63, 3.8) is 0 Å². The molecule has 3 rings (SSSR count). The number of unbranched alkanes of at least 4 members (excludes halogenated alkanes) is 1. The Morgan fingerprint density at radius 3 is 2.44 bits per heavy atom. The summed E-state index contributed by atoms with van der Waals surface area (Å²) in [6, 6.07) is 10.9. The maximum absolute atomic E-state index is 11.3. The highest BCUT2D eigenvalue weighted by atomic mass is 127. The summed E-state index contributed by atoms with van der Waals surface area (Å²) in [4.78, 5) is 18.8. The van der Waals surface area contributed by atoms with Gasteiger partial charge in [0.25, 0.3) is 0 Å². The van der Waals surface area contributed by atoms with Crippen LogP contribution < -0.4 is 16.4 Å². The highest BCUT2D eigenvalue weighted by Gasteiger charge is 2.35. The Balaban J connectivity index is 0.00000363. The zero-order valence-electron chi connectivity index (χ0n) is 19.7. The number of carbonyl (C=O) groups excluding carboxylic acids is 1.